The highest BCUT2D eigenvalue weighted by Gasteiger charge is 2.31. The van der Waals surface area contributed by atoms with Crippen molar-refractivity contribution in [2.45, 2.75) is 38.1 Å². The van der Waals surface area contributed by atoms with Gasteiger partial charge in [0.05, 0.1) is 0 Å². The predicted molar refractivity (Wildman–Crippen MR) is 55.4 cm³/mol. The zero-order chi connectivity index (χ0) is 8.39. The zero-order valence-electron chi connectivity index (χ0n) is 7.67. The van der Waals surface area contributed by atoms with Gasteiger partial charge in [-0.2, -0.15) is 11.8 Å². The Hall–Kier alpha value is 0.310. The molecule has 0 radical (unpaired) electrons. The van der Waals surface area contributed by atoms with Crippen molar-refractivity contribution in [3.8, 4) is 0 Å². The Labute approximate surface area is 79.5 Å². The van der Waals surface area contributed by atoms with E-state index >= 15 is 0 Å². The van der Waals surface area contributed by atoms with Crippen LogP contribution in [0.15, 0.2) is 0 Å². The van der Waals surface area contributed by atoms with E-state index in [1.54, 1.807) is 0 Å². The van der Waals surface area contributed by atoms with Crippen molar-refractivity contribution in [2.75, 3.05) is 11.5 Å². The number of nitrogens with two attached hydrogens (primary N) is 1. The van der Waals surface area contributed by atoms with Gasteiger partial charge in [0.2, 0.25) is 0 Å². The first-order chi connectivity index (χ1) is 5.88. The summed E-state index contributed by atoms with van der Waals surface area (Å²) in [7, 11) is 0. The van der Waals surface area contributed by atoms with Gasteiger partial charge in [-0.3, -0.25) is 0 Å². The highest BCUT2D eigenvalue weighted by Crippen LogP contribution is 2.34. The normalized spacial score (nSPS) is 29.8. The molecule has 12 heavy (non-hydrogen) atoms. The standard InChI is InChI=1S/C10H19NS/c11-10(9-6-12-7-9)8-4-2-1-3-5-8/h8-10H,1-7,11H2. The quantitative estimate of drug-likeness (QED) is 0.714. The molecule has 1 heterocycles. The molecule has 0 aromatic heterocycles. The first kappa shape index (κ1) is 8.89. The molecule has 0 aromatic rings. The van der Waals surface area contributed by atoms with Crippen LogP contribution in [0.5, 0.6) is 0 Å². The summed E-state index contributed by atoms with van der Waals surface area (Å²) in [5, 5.41) is 0. The smallest absolute Gasteiger partial charge is 0.0111 e. The fraction of sp³-hybridized carbons (Fsp3) is 1.00. The number of hydrogen-bond acceptors (Lipinski definition) is 2. The average Bonchev–Trinajstić information content (AvgIpc) is 2.03. The highest BCUT2D eigenvalue weighted by molar-refractivity contribution is 8.00. The van der Waals surface area contributed by atoms with Gasteiger partial charge in [0, 0.05) is 6.04 Å². The molecule has 70 valence electrons. The van der Waals surface area contributed by atoms with Crippen molar-refractivity contribution in [3.05, 3.63) is 0 Å². The van der Waals surface area contributed by atoms with E-state index in [1.165, 1.54) is 43.6 Å². The van der Waals surface area contributed by atoms with Crippen molar-refractivity contribution < 1.29 is 0 Å². The minimum Gasteiger partial charge on any atom is -0.327 e. The summed E-state index contributed by atoms with van der Waals surface area (Å²) in [5.74, 6) is 4.39. The predicted octanol–water partition coefficient (Wildman–Crippen LogP) is 2.26. The Bertz CT molecular complexity index is 139. The van der Waals surface area contributed by atoms with Gasteiger partial charge in [0.1, 0.15) is 0 Å². The molecule has 0 aromatic carbocycles. The molecule has 1 nitrogen and oxygen atoms in total. The Kier molecular flexibility index (Phi) is 2.97. The summed E-state index contributed by atoms with van der Waals surface area (Å²) in [6.07, 6.45) is 7.11. The fourth-order valence-corrected chi connectivity index (χ4v) is 3.33. The summed E-state index contributed by atoms with van der Waals surface area (Å²) < 4.78 is 0. The van der Waals surface area contributed by atoms with Crippen LogP contribution in [0.3, 0.4) is 0 Å². The molecule has 0 spiro atoms. The van der Waals surface area contributed by atoms with Crippen LogP contribution in [0.2, 0.25) is 0 Å². The zero-order valence-corrected chi connectivity index (χ0v) is 8.48. The maximum atomic E-state index is 6.24. The second-order valence-corrected chi connectivity index (χ2v) is 5.35. The lowest BCUT2D eigenvalue weighted by Crippen LogP contribution is -2.44. The Balaban J connectivity index is 1.80. The molecule has 1 unspecified atom stereocenters. The third kappa shape index (κ3) is 1.80. The third-order valence-corrected chi connectivity index (χ3v) is 4.73. The van der Waals surface area contributed by atoms with Crippen LogP contribution >= 0.6 is 11.8 Å². The minimum atomic E-state index is 0.534. The SMILES string of the molecule is NC(C1CCCCC1)C1CSC1. The molecule has 1 saturated carbocycles. The van der Waals surface area contributed by atoms with Crippen LogP contribution in [0.25, 0.3) is 0 Å². The molecule has 0 bridgehead atoms. The molecule has 1 atom stereocenters. The van der Waals surface area contributed by atoms with Crippen molar-refractivity contribution in [3.63, 3.8) is 0 Å². The second kappa shape index (κ2) is 4.01. The molecule has 2 aliphatic rings. The Morgan fingerprint density at radius 2 is 1.67 bits per heavy atom. The van der Waals surface area contributed by atoms with E-state index in [1.807, 2.05) is 0 Å². The van der Waals surface area contributed by atoms with Gasteiger partial charge in [-0.15, -0.1) is 0 Å². The molecular formula is C10H19NS. The van der Waals surface area contributed by atoms with E-state index < -0.39 is 0 Å². The molecule has 2 fully saturated rings. The minimum absolute atomic E-state index is 0.534. The summed E-state index contributed by atoms with van der Waals surface area (Å²) in [6.45, 7) is 0. The monoisotopic (exact) mass is 185 g/mol. The molecule has 1 aliphatic heterocycles. The summed E-state index contributed by atoms with van der Waals surface area (Å²) in [6, 6.07) is 0.534. The van der Waals surface area contributed by atoms with Crippen LogP contribution in [-0.2, 0) is 0 Å². The average molecular weight is 185 g/mol. The largest absolute Gasteiger partial charge is 0.327 e. The molecule has 1 saturated heterocycles. The van der Waals surface area contributed by atoms with E-state index in [9.17, 15) is 0 Å². The van der Waals surface area contributed by atoms with Crippen molar-refractivity contribution in [1.82, 2.24) is 0 Å². The number of hydrogen-bond donors (Lipinski definition) is 1. The fourth-order valence-electron chi connectivity index (χ4n) is 2.38. The molecule has 1 aliphatic carbocycles. The van der Waals surface area contributed by atoms with Crippen molar-refractivity contribution in [1.29, 1.82) is 0 Å². The van der Waals surface area contributed by atoms with Crippen LogP contribution in [0.1, 0.15) is 32.1 Å². The van der Waals surface area contributed by atoms with Gasteiger partial charge in [0.25, 0.3) is 0 Å². The van der Waals surface area contributed by atoms with Crippen LogP contribution < -0.4 is 5.73 Å². The lowest BCUT2D eigenvalue weighted by Gasteiger charge is -2.37. The summed E-state index contributed by atoms with van der Waals surface area (Å²) in [5.41, 5.74) is 6.24. The molecule has 0 amide bonds. The first-order valence-electron chi connectivity index (χ1n) is 5.21. The van der Waals surface area contributed by atoms with E-state index in [-0.39, 0.29) is 0 Å². The Morgan fingerprint density at radius 1 is 1.00 bits per heavy atom. The third-order valence-electron chi connectivity index (χ3n) is 3.40. The van der Waals surface area contributed by atoms with Crippen molar-refractivity contribution in [2.24, 2.45) is 17.6 Å². The van der Waals surface area contributed by atoms with E-state index in [2.05, 4.69) is 11.8 Å². The molecule has 2 N–H and O–H groups in total. The van der Waals surface area contributed by atoms with E-state index in [0.717, 1.165) is 11.8 Å². The number of thioether (sulfide) groups is 1. The van der Waals surface area contributed by atoms with E-state index in [0.29, 0.717) is 6.04 Å². The van der Waals surface area contributed by atoms with Crippen LogP contribution in [0, 0.1) is 11.8 Å². The van der Waals surface area contributed by atoms with Gasteiger partial charge >= 0.3 is 0 Å². The maximum Gasteiger partial charge on any atom is 0.0111 e. The van der Waals surface area contributed by atoms with E-state index in [4.69, 9.17) is 5.73 Å². The first-order valence-corrected chi connectivity index (χ1v) is 6.37. The number of rotatable bonds is 2. The summed E-state index contributed by atoms with van der Waals surface area (Å²) >= 11 is 2.06. The van der Waals surface area contributed by atoms with Gasteiger partial charge in [-0.1, -0.05) is 19.3 Å². The molecule has 2 rings (SSSR count). The molecule has 2 heteroatoms. The second-order valence-electron chi connectivity index (χ2n) is 4.27. The topological polar surface area (TPSA) is 26.0 Å². The van der Waals surface area contributed by atoms with Gasteiger partial charge in [-0.05, 0) is 36.2 Å². The van der Waals surface area contributed by atoms with Gasteiger partial charge in [-0.25, -0.2) is 0 Å². The lowest BCUT2D eigenvalue weighted by molar-refractivity contribution is 0.261. The van der Waals surface area contributed by atoms with Gasteiger partial charge in [0.15, 0.2) is 0 Å². The van der Waals surface area contributed by atoms with Crippen molar-refractivity contribution >= 4 is 11.8 Å². The highest BCUT2D eigenvalue weighted by atomic mass is 32.2. The van der Waals surface area contributed by atoms with Crippen LogP contribution in [0.4, 0.5) is 0 Å². The summed E-state index contributed by atoms with van der Waals surface area (Å²) in [4.78, 5) is 0. The maximum absolute atomic E-state index is 6.24. The van der Waals surface area contributed by atoms with Gasteiger partial charge < -0.3 is 5.73 Å². The molecular weight excluding hydrogens is 166 g/mol. The Morgan fingerprint density at radius 3 is 2.17 bits per heavy atom. The lowest BCUT2D eigenvalue weighted by atomic mass is 9.80. The van der Waals surface area contributed by atoms with Crippen LogP contribution in [-0.4, -0.2) is 17.5 Å².